The number of nitrogens with zero attached hydrogens (tertiary/aromatic N) is 2. The summed E-state index contributed by atoms with van der Waals surface area (Å²) in [5, 5.41) is 4.92. The van der Waals surface area contributed by atoms with Crippen LogP contribution in [0.5, 0.6) is 0 Å². The molecule has 0 saturated heterocycles. The van der Waals surface area contributed by atoms with Crippen molar-refractivity contribution in [2.75, 3.05) is 5.32 Å². The molecule has 0 saturated carbocycles. The van der Waals surface area contributed by atoms with Gasteiger partial charge < -0.3 is 9.88 Å². The largest absolute Gasteiger partial charge is 0.340 e. The van der Waals surface area contributed by atoms with Gasteiger partial charge in [0.05, 0.1) is 0 Å². The fraction of sp³-hybridized carbons (Fsp3) is 0.133. The second-order valence-electron chi connectivity index (χ2n) is 12.6. The van der Waals surface area contributed by atoms with E-state index in [-0.39, 0.29) is 6.04 Å². The van der Waals surface area contributed by atoms with Crippen LogP contribution in [0.25, 0.3) is 34.2 Å². The highest BCUT2D eigenvalue weighted by Crippen LogP contribution is 2.40. The van der Waals surface area contributed by atoms with Crippen molar-refractivity contribution in [1.82, 2.24) is 4.57 Å². The molecule has 1 aromatic heterocycles. The summed E-state index contributed by atoms with van der Waals surface area (Å²) in [7, 11) is 0. The predicted molar refractivity (Wildman–Crippen MR) is 204 cm³/mol. The zero-order chi connectivity index (χ0) is 32.3. The average molecular weight is 622 g/mol. The number of fused-ring (bicyclic) bond motifs is 4. The number of nitrogens with one attached hydrogen (secondary N) is 1. The molecule has 6 aromatic rings. The minimum absolute atomic E-state index is 0.0959. The van der Waals surface area contributed by atoms with Gasteiger partial charge in [-0.25, -0.2) is 0 Å². The third-order valence-electron chi connectivity index (χ3n) is 9.65. The molecule has 2 unspecified atom stereocenters. The summed E-state index contributed by atoms with van der Waals surface area (Å²) in [6, 6.07) is 45.5. The second-order valence-corrected chi connectivity index (χ2v) is 12.6. The highest BCUT2D eigenvalue weighted by atomic mass is 15.0. The lowest BCUT2D eigenvalue weighted by Gasteiger charge is -2.26. The lowest BCUT2D eigenvalue weighted by Crippen LogP contribution is -2.22. The molecular formula is C45H39N3. The van der Waals surface area contributed by atoms with Crippen molar-refractivity contribution in [3.63, 3.8) is 0 Å². The average Bonchev–Trinajstić information content (AvgIpc) is 3.27. The monoisotopic (exact) mass is 621 g/mol. The van der Waals surface area contributed by atoms with Gasteiger partial charge in [0.1, 0.15) is 11.9 Å². The Kier molecular flexibility index (Phi) is 8.18. The molecule has 8 rings (SSSR count). The predicted octanol–water partition coefficient (Wildman–Crippen LogP) is 11.5. The SMILES string of the molecule is CCC(/C=C\Cn1c2c(c3cc(-c4ccc5c(c4)C(c4ccccc4)N=C(c4ccccc4)N5)ccc31)C=CCC=C2)c1ccccc1. The first kappa shape index (κ1) is 29.7. The molecule has 0 fully saturated rings. The molecule has 2 atom stereocenters. The fourth-order valence-electron chi connectivity index (χ4n) is 7.16. The molecule has 5 aromatic carbocycles. The first-order chi connectivity index (χ1) is 23.8. The molecule has 3 nitrogen and oxygen atoms in total. The summed E-state index contributed by atoms with van der Waals surface area (Å²) in [6.07, 6.45) is 15.9. The maximum atomic E-state index is 5.27. The van der Waals surface area contributed by atoms with Crippen LogP contribution in [0.15, 0.2) is 157 Å². The van der Waals surface area contributed by atoms with Gasteiger partial charge in [0.2, 0.25) is 0 Å². The molecule has 0 radical (unpaired) electrons. The number of aliphatic imine (C=N–C) groups is 1. The van der Waals surface area contributed by atoms with Crippen molar-refractivity contribution in [1.29, 1.82) is 0 Å². The molecule has 2 aliphatic rings. The Balaban J connectivity index is 1.17. The lowest BCUT2D eigenvalue weighted by atomic mass is 9.92. The van der Waals surface area contributed by atoms with Crippen molar-refractivity contribution >= 4 is 34.6 Å². The first-order valence-electron chi connectivity index (χ1n) is 17.1. The van der Waals surface area contributed by atoms with Crippen LogP contribution < -0.4 is 5.32 Å². The summed E-state index contributed by atoms with van der Waals surface area (Å²) in [6.45, 7) is 3.10. The van der Waals surface area contributed by atoms with Gasteiger partial charge in [-0.1, -0.05) is 140 Å². The summed E-state index contributed by atoms with van der Waals surface area (Å²) in [5.41, 5.74) is 12.2. The molecule has 1 aliphatic heterocycles. The van der Waals surface area contributed by atoms with Gasteiger partial charge in [-0.2, -0.15) is 0 Å². The molecule has 2 heterocycles. The van der Waals surface area contributed by atoms with Crippen molar-refractivity contribution in [3.05, 3.63) is 185 Å². The summed E-state index contributed by atoms with van der Waals surface area (Å²) < 4.78 is 2.47. The Morgan fingerprint density at radius 2 is 1.48 bits per heavy atom. The molecule has 1 N–H and O–H groups in total. The molecule has 0 spiro atoms. The molecule has 3 heteroatoms. The van der Waals surface area contributed by atoms with Crippen molar-refractivity contribution in [2.24, 2.45) is 4.99 Å². The van der Waals surface area contributed by atoms with E-state index in [4.69, 9.17) is 4.99 Å². The van der Waals surface area contributed by atoms with Crippen molar-refractivity contribution in [2.45, 2.75) is 38.3 Å². The van der Waals surface area contributed by atoms with Gasteiger partial charge >= 0.3 is 0 Å². The fourth-order valence-corrected chi connectivity index (χ4v) is 7.16. The Hall–Kier alpha value is -5.67. The number of rotatable bonds is 8. The second kappa shape index (κ2) is 13.2. The number of aromatic nitrogens is 1. The normalized spacial score (nSPS) is 15.9. The molecule has 1 aliphatic carbocycles. The van der Waals surface area contributed by atoms with E-state index in [1.54, 1.807) is 0 Å². The maximum absolute atomic E-state index is 5.27. The van der Waals surface area contributed by atoms with Gasteiger partial charge in [-0.15, -0.1) is 0 Å². The van der Waals surface area contributed by atoms with E-state index in [9.17, 15) is 0 Å². The van der Waals surface area contributed by atoms with Crippen LogP contribution >= 0.6 is 0 Å². The minimum atomic E-state index is -0.0959. The maximum Gasteiger partial charge on any atom is 0.133 e. The zero-order valence-electron chi connectivity index (χ0n) is 27.3. The molecule has 0 bridgehead atoms. The molecule has 0 amide bonds. The van der Waals surface area contributed by atoms with Gasteiger partial charge in [0.25, 0.3) is 0 Å². The number of benzene rings is 5. The minimum Gasteiger partial charge on any atom is -0.340 e. The van der Waals surface area contributed by atoms with Gasteiger partial charge in [-0.3, -0.25) is 4.99 Å². The number of hydrogen-bond donors (Lipinski definition) is 1. The van der Waals surface area contributed by atoms with Crippen LogP contribution in [0.3, 0.4) is 0 Å². The summed E-state index contributed by atoms with van der Waals surface area (Å²) in [5.74, 6) is 1.32. The van der Waals surface area contributed by atoms with Gasteiger partial charge in [-0.05, 0) is 65.4 Å². The van der Waals surface area contributed by atoms with E-state index in [0.717, 1.165) is 36.5 Å². The standard InChI is InChI=1S/C45H39N3/c1-2-32(33-16-7-3-8-17-33)22-15-29-48-42-24-14-6-13-23-38(42)39-30-37(26-28-43(39)48)36-25-27-41-40(31-36)44(34-18-9-4-10-19-34)47-45(46-41)35-20-11-5-12-21-35/h3-5,7-28,30-32,44H,2,6,29H2,1H3,(H,46,47)/b22-15-. The van der Waals surface area contributed by atoms with Crippen molar-refractivity contribution in [3.8, 4) is 11.1 Å². The van der Waals surface area contributed by atoms with Crippen LogP contribution in [0, 0.1) is 0 Å². The highest BCUT2D eigenvalue weighted by Gasteiger charge is 2.25. The van der Waals surface area contributed by atoms with E-state index in [1.165, 1.54) is 50.0 Å². The Bertz CT molecular complexity index is 2180. The number of hydrogen-bond acceptors (Lipinski definition) is 2. The smallest absolute Gasteiger partial charge is 0.133 e. The highest BCUT2D eigenvalue weighted by molar-refractivity contribution is 6.10. The molecular weight excluding hydrogens is 583 g/mol. The molecule has 234 valence electrons. The van der Waals surface area contributed by atoms with Crippen molar-refractivity contribution < 1.29 is 0 Å². The van der Waals surface area contributed by atoms with Crippen LogP contribution in [-0.2, 0) is 6.54 Å². The zero-order valence-corrected chi connectivity index (χ0v) is 27.3. The van der Waals surface area contributed by atoms with Crippen LogP contribution in [0.2, 0.25) is 0 Å². The van der Waals surface area contributed by atoms with E-state index < -0.39 is 0 Å². The Morgan fingerprint density at radius 3 is 2.27 bits per heavy atom. The van der Waals surface area contributed by atoms with E-state index >= 15 is 0 Å². The third kappa shape index (κ3) is 5.73. The van der Waals surface area contributed by atoms with E-state index in [1.807, 2.05) is 6.07 Å². The Labute approximate surface area is 283 Å². The molecule has 48 heavy (non-hydrogen) atoms. The Morgan fingerprint density at radius 1 is 0.771 bits per heavy atom. The quantitative estimate of drug-likeness (QED) is 0.168. The van der Waals surface area contributed by atoms with Gasteiger partial charge in [0.15, 0.2) is 0 Å². The number of anilines is 1. The number of allylic oxidation sites excluding steroid dienone is 4. The lowest BCUT2D eigenvalue weighted by molar-refractivity contribution is 0.786. The summed E-state index contributed by atoms with van der Waals surface area (Å²) >= 11 is 0. The summed E-state index contributed by atoms with van der Waals surface area (Å²) in [4.78, 5) is 5.27. The van der Waals surface area contributed by atoms with Crippen LogP contribution in [-0.4, -0.2) is 10.4 Å². The van der Waals surface area contributed by atoms with Gasteiger partial charge in [0, 0.05) is 51.4 Å². The van der Waals surface area contributed by atoms with E-state index in [0.29, 0.717) is 5.92 Å². The van der Waals surface area contributed by atoms with Crippen LogP contribution in [0.4, 0.5) is 5.69 Å². The third-order valence-corrected chi connectivity index (χ3v) is 9.65. The van der Waals surface area contributed by atoms with Crippen LogP contribution in [0.1, 0.15) is 65.2 Å². The topological polar surface area (TPSA) is 29.3 Å². The first-order valence-corrected chi connectivity index (χ1v) is 17.1. The van der Waals surface area contributed by atoms with E-state index in [2.05, 4.69) is 175 Å². The number of amidine groups is 1.